The van der Waals surface area contributed by atoms with Gasteiger partial charge in [0.2, 0.25) is 0 Å². The van der Waals surface area contributed by atoms with Crippen molar-refractivity contribution in [1.82, 2.24) is 0 Å². The van der Waals surface area contributed by atoms with E-state index in [0.717, 1.165) is 16.7 Å². The van der Waals surface area contributed by atoms with E-state index in [0.29, 0.717) is 0 Å². The molecule has 2 aromatic carbocycles. The minimum atomic E-state index is -1.21. The van der Waals surface area contributed by atoms with E-state index >= 15 is 0 Å². The summed E-state index contributed by atoms with van der Waals surface area (Å²) in [6.07, 6.45) is 0. The van der Waals surface area contributed by atoms with Crippen molar-refractivity contribution in [2.24, 2.45) is 0 Å². The van der Waals surface area contributed by atoms with E-state index < -0.39 is 11.8 Å². The lowest BCUT2D eigenvalue weighted by Gasteiger charge is -2.11. The van der Waals surface area contributed by atoms with Gasteiger partial charge in [-0.3, -0.25) is 0 Å². The molecule has 3 nitrogen and oxygen atoms in total. The summed E-state index contributed by atoms with van der Waals surface area (Å²) in [4.78, 5) is 11.0. The van der Waals surface area contributed by atoms with Crippen molar-refractivity contribution in [3.8, 4) is 5.75 Å². The van der Waals surface area contributed by atoms with Gasteiger partial charge in [-0.15, -0.1) is 0 Å². The average molecular weight is 274 g/mol. The average Bonchev–Trinajstić information content (AvgIpc) is 2.35. The Hall–Kier alpha value is -2.36. The molecule has 0 unspecified atom stereocenters. The van der Waals surface area contributed by atoms with Crippen LogP contribution in [0.15, 0.2) is 36.4 Å². The summed E-state index contributed by atoms with van der Waals surface area (Å²) in [6.45, 7) is 4.05. The maximum atomic E-state index is 13.7. The summed E-state index contributed by atoms with van der Waals surface area (Å²) in [5.74, 6) is -2.10. The van der Waals surface area contributed by atoms with Gasteiger partial charge in [0.05, 0.1) is 0 Å². The third-order valence-electron chi connectivity index (χ3n) is 2.86. The largest absolute Gasteiger partial charge is 0.485 e. The number of hydrogen-bond donors (Lipinski definition) is 1. The predicted octanol–water partition coefficient (Wildman–Crippen LogP) is 3.72. The molecule has 0 radical (unpaired) electrons. The van der Waals surface area contributed by atoms with Gasteiger partial charge in [-0.2, -0.15) is 0 Å². The molecule has 0 atom stereocenters. The van der Waals surface area contributed by atoms with E-state index in [1.54, 1.807) is 0 Å². The van der Waals surface area contributed by atoms with Crippen LogP contribution in [0.25, 0.3) is 0 Å². The Bertz CT molecular complexity index is 630. The van der Waals surface area contributed by atoms with Crippen molar-refractivity contribution in [2.75, 3.05) is 0 Å². The topological polar surface area (TPSA) is 46.5 Å². The van der Waals surface area contributed by atoms with E-state index in [1.807, 2.05) is 32.0 Å². The molecule has 0 saturated carbocycles. The lowest BCUT2D eigenvalue weighted by Crippen LogP contribution is -2.05. The standard InChI is InChI=1S/C16H15FO3/c1-10-6-11(2)8-12(7-10)9-20-15-13(16(18)19)4-3-5-14(15)17/h3-8H,9H2,1-2H3,(H,18,19). The number of rotatable bonds is 4. The van der Waals surface area contributed by atoms with Crippen LogP contribution in [0.5, 0.6) is 5.75 Å². The molecule has 2 rings (SSSR count). The summed E-state index contributed by atoms with van der Waals surface area (Å²) in [5.41, 5.74) is 2.86. The molecule has 0 aromatic heterocycles. The van der Waals surface area contributed by atoms with Gasteiger partial charge >= 0.3 is 5.97 Å². The number of ether oxygens (including phenoxy) is 1. The molecule has 2 aromatic rings. The fourth-order valence-corrected chi connectivity index (χ4v) is 2.13. The van der Waals surface area contributed by atoms with E-state index in [2.05, 4.69) is 0 Å². The number of para-hydroxylation sites is 1. The van der Waals surface area contributed by atoms with Crippen molar-refractivity contribution in [3.05, 3.63) is 64.5 Å². The van der Waals surface area contributed by atoms with Crippen LogP contribution in [0.4, 0.5) is 4.39 Å². The van der Waals surface area contributed by atoms with E-state index in [1.165, 1.54) is 18.2 Å². The normalized spacial score (nSPS) is 10.3. The molecular weight excluding hydrogens is 259 g/mol. The van der Waals surface area contributed by atoms with Gasteiger partial charge < -0.3 is 9.84 Å². The van der Waals surface area contributed by atoms with Gasteiger partial charge in [-0.25, -0.2) is 9.18 Å². The maximum absolute atomic E-state index is 13.7. The van der Waals surface area contributed by atoms with Crippen LogP contribution in [0.1, 0.15) is 27.0 Å². The van der Waals surface area contributed by atoms with Crippen LogP contribution in [0, 0.1) is 19.7 Å². The Labute approximate surface area is 116 Å². The van der Waals surface area contributed by atoms with E-state index in [-0.39, 0.29) is 17.9 Å². The quantitative estimate of drug-likeness (QED) is 0.924. The highest BCUT2D eigenvalue weighted by Crippen LogP contribution is 2.24. The first-order valence-electron chi connectivity index (χ1n) is 6.19. The molecule has 4 heteroatoms. The summed E-state index contributed by atoms with van der Waals surface area (Å²) in [5, 5.41) is 9.03. The van der Waals surface area contributed by atoms with Gasteiger partial charge in [-0.1, -0.05) is 35.4 Å². The molecule has 104 valence electrons. The van der Waals surface area contributed by atoms with Crippen LogP contribution < -0.4 is 4.74 Å². The van der Waals surface area contributed by atoms with Crippen molar-refractivity contribution < 1.29 is 19.0 Å². The third-order valence-corrected chi connectivity index (χ3v) is 2.86. The predicted molar refractivity (Wildman–Crippen MR) is 73.6 cm³/mol. The first-order chi connectivity index (χ1) is 9.47. The maximum Gasteiger partial charge on any atom is 0.339 e. The molecule has 0 aliphatic carbocycles. The Morgan fingerprint density at radius 2 is 1.85 bits per heavy atom. The Morgan fingerprint density at radius 3 is 2.45 bits per heavy atom. The Balaban J connectivity index is 2.25. The number of carboxylic acid groups (broad SMARTS) is 1. The highest BCUT2D eigenvalue weighted by Gasteiger charge is 2.15. The SMILES string of the molecule is Cc1cc(C)cc(COc2c(F)cccc2C(=O)O)c1. The lowest BCUT2D eigenvalue weighted by atomic mass is 10.1. The van der Waals surface area contributed by atoms with Crippen LogP contribution in [-0.4, -0.2) is 11.1 Å². The highest BCUT2D eigenvalue weighted by atomic mass is 19.1. The molecule has 0 amide bonds. The fraction of sp³-hybridized carbons (Fsp3) is 0.188. The third kappa shape index (κ3) is 3.15. The molecular formula is C16H15FO3. The summed E-state index contributed by atoms with van der Waals surface area (Å²) < 4.78 is 19.1. The van der Waals surface area contributed by atoms with Crippen LogP contribution >= 0.6 is 0 Å². The number of aromatic carboxylic acids is 1. The smallest absolute Gasteiger partial charge is 0.339 e. The van der Waals surface area contributed by atoms with Gasteiger partial charge in [0, 0.05) is 0 Å². The van der Waals surface area contributed by atoms with Gasteiger partial charge in [0.25, 0.3) is 0 Å². The molecule has 0 spiro atoms. The molecule has 0 heterocycles. The first kappa shape index (κ1) is 14.1. The molecule has 0 saturated heterocycles. The number of halogens is 1. The van der Waals surface area contributed by atoms with Gasteiger partial charge in [0.15, 0.2) is 11.6 Å². The van der Waals surface area contributed by atoms with Gasteiger partial charge in [0.1, 0.15) is 12.2 Å². The van der Waals surface area contributed by atoms with Crippen LogP contribution in [0.3, 0.4) is 0 Å². The molecule has 0 aliphatic heterocycles. The zero-order valence-corrected chi connectivity index (χ0v) is 11.3. The molecule has 1 N–H and O–H groups in total. The minimum absolute atomic E-state index is 0.129. The van der Waals surface area contributed by atoms with Crippen molar-refractivity contribution in [1.29, 1.82) is 0 Å². The number of carbonyl (C=O) groups is 1. The summed E-state index contributed by atoms with van der Waals surface area (Å²) in [6, 6.07) is 9.73. The zero-order chi connectivity index (χ0) is 14.7. The number of aryl methyl sites for hydroxylation is 2. The number of carboxylic acids is 1. The lowest BCUT2D eigenvalue weighted by molar-refractivity contribution is 0.0690. The zero-order valence-electron chi connectivity index (χ0n) is 11.3. The minimum Gasteiger partial charge on any atom is -0.485 e. The number of benzene rings is 2. The molecule has 0 bridgehead atoms. The van der Waals surface area contributed by atoms with Crippen molar-refractivity contribution in [3.63, 3.8) is 0 Å². The second-order valence-electron chi connectivity index (χ2n) is 4.71. The second-order valence-corrected chi connectivity index (χ2v) is 4.71. The van der Waals surface area contributed by atoms with Crippen molar-refractivity contribution >= 4 is 5.97 Å². The fourth-order valence-electron chi connectivity index (χ4n) is 2.13. The van der Waals surface area contributed by atoms with E-state index in [9.17, 15) is 9.18 Å². The van der Waals surface area contributed by atoms with Crippen molar-refractivity contribution in [2.45, 2.75) is 20.5 Å². The van der Waals surface area contributed by atoms with Crippen LogP contribution in [-0.2, 0) is 6.61 Å². The second kappa shape index (κ2) is 5.74. The highest BCUT2D eigenvalue weighted by molar-refractivity contribution is 5.90. The monoisotopic (exact) mass is 274 g/mol. The molecule has 20 heavy (non-hydrogen) atoms. The van der Waals surface area contributed by atoms with Gasteiger partial charge in [-0.05, 0) is 31.5 Å². The Morgan fingerprint density at radius 1 is 1.20 bits per heavy atom. The molecule has 0 fully saturated rings. The Kier molecular flexibility index (Phi) is 4.03. The first-order valence-corrected chi connectivity index (χ1v) is 6.19. The summed E-state index contributed by atoms with van der Waals surface area (Å²) >= 11 is 0. The summed E-state index contributed by atoms with van der Waals surface area (Å²) in [7, 11) is 0. The number of hydrogen-bond acceptors (Lipinski definition) is 2. The van der Waals surface area contributed by atoms with E-state index in [4.69, 9.17) is 9.84 Å². The molecule has 0 aliphatic rings. The van der Waals surface area contributed by atoms with Crippen LogP contribution in [0.2, 0.25) is 0 Å².